The number of thiophene rings is 2. The molecular weight excluding hydrogens is 352 g/mol. The van der Waals surface area contributed by atoms with Crippen molar-refractivity contribution >= 4 is 39.8 Å². The number of furan rings is 1. The lowest BCUT2D eigenvalue weighted by atomic mass is 9.95. The van der Waals surface area contributed by atoms with Crippen LogP contribution in [-0.4, -0.2) is 12.1 Å². The highest BCUT2D eigenvalue weighted by Crippen LogP contribution is 2.39. The Bertz CT molecular complexity index is 877. The average molecular weight is 370 g/mol. The zero-order valence-electron chi connectivity index (χ0n) is 13.7. The third-order valence-corrected chi connectivity index (χ3v) is 6.16. The Balaban J connectivity index is 1.61. The van der Waals surface area contributed by atoms with Gasteiger partial charge < -0.3 is 9.73 Å². The Morgan fingerprint density at radius 1 is 1.32 bits per heavy atom. The van der Waals surface area contributed by atoms with Gasteiger partial charge in [0.2, 0.25) is 0 Å². The molecule has 1 amide bonds. The van der Waals surface area contributed by atoms with Crippen molar-refractivity contribution < 1.29 is 9.21 Å². The number of rotatable bonds is 5. The number of amides is 1. The van der Waals surface area contributed by atoms with Gasteiger partial charge >= 0.3 is 0 Å². The van der Waals surface area contributed by atoms with Crippen LogP contribution in [0.15, 0.2) is 44.6 Å². The van der Waals surface area contributed by atoms with Crippen molar-refractivity contribution in [2.75, 3.05) is 0 Å². The summed E-state index contributed by atoms with van der Waals surface area (Å²) in [6.07, 6.45) is 7.79. The fourth-order valence-corrected chi connectivity index (χ4v) is 4.87. The van der Waals surface area contributed by atoms with Crippen molar-refractivity contribution in [1.29, 1.82) is 0 Å². The van der Waals surface area contributed by atoms with Gasteiger partial charge in [0.05, 0.1) is 18.4 Å². The second-order valence-electron chi connectivity index (χ2n) is 5.97. The fraction of sp³-hybridized carbons (Fsp3) is 0.263. The molecule has 3 aromatic rings. The zero-order valence-corrected chi connectivity index (χ0v) is 15.3. The van der Waals surface area contributed by atoms with E-state index >= 15 is 0 Å². The first-order chi connectivity index (χ1) is 12.3. The second kappa shape index (κ2) is 7.37. The average Bonchev–Trinajstić information content (AvgIpc) is 3.38. The molecule has 0 atom stereocenters. The minimum atomic E-state index is -0.0618. The smallest absolute Gasteiger partial charge is 0.255 e. The molecule has 6 heteroatoms. The summed E-state index contributed by atoms with van der Waals surface area (Å²) in [5.41, 5.74) is 3.00. The molecular formula is C19H18N2O2S2. The Morgan fingerprint density at radius 3 is 3.04 bits per heavy atom. The summed E-state index contributed by atoms with van der Waals surface area (Å²) in [5.74, 6) is 0.689. The van der Waals surface area contributed by atoms with Gasteiger partial charge in [-0.15, -0.1) is 11.3 Å². The standard InChI is InChI=1S/C19H18N2O2S2/c22-18(20-11-14-4-3-8-23-14)17-15-5-1-2-6-16(15)25-19(17)21-10-13-7-9-24-12-13/h3-4,7-10,12H,1-2,5-6,11H2,(H,20,22). The number of aryl methyl sites for hydroxylation is 1. The maximum absolute atomic E-state index is 12.8. The lowest BCUT2D eigenvalue weighted by Crippen LogP contribution is -2.23. The molecule has 0 saturated carbocycles. The molecule has 128 valence electrons. The third-order valence-electron chi connectivity index (χ3n) is 4.26. The van der Waals surface area contributed by atoms with Crippen LogP contribution in [0.25, 0.3) is 0 Å². The van der Waals surface area contributed by atoms with E-state index in [1.54, 1.807) is 28.9 Å². The van der Waals surface area contributed by atoms with E-state index in [9.17, 15) is 4.79 Å². The predicted molar refractivity (Wildman–Crippen MR) is 102 cm³/mol. The molecule has 3 aromatic heterocycles. The van der Waals surface area contributed by atoms with E-state index in [0.29, 0.717) is 6.54 Å². The van der Waals surface area contributed by atoms with Crippen molar-refractivity contribution in [1.82, 2.24) is 5.32 Å². The van der Waals surface area contributed by atoms with Crippen LogP contribution in [0.5, 0.6) is 0 Å². The van der Waals surface area contributed by atoms with Crippen LogP contribution < -0.4 is 5.32 Å². The van der Waals surface area contributed by atoms with Crippen molar-refractivity contribution in [2.45, 2.75) is 32.2 Å². The summed E-state index contributed by atoms with van der Waals surface area (Å²) in [4.78, 5) is 18.8. The number of carbonyl (C=O) groups is 1. The largest absolute Gasteiger partial charge is 0.467 e. The van der Waals surface area contributed by atoms with Gasteiger partial charge in [-0.2, -0.15) is 11.3 Å². The SMILES string of the molecule is O=C(NCc1ccco1)c1c(N=Cc2ccsc2)sc2c1CCCC2. The van der Waals surface area contributed by atoms with Gasteiger partial charge in [-0.1, -0.05) is 0 Å². The lowest BCUT2D eigenvalue weighted by molar-refractivity contribution is 0.0948. The number of aliphatic imine (C=N–C) groups is 1. The maximum Gasteiger partial charge on any atom is 0.255 e. The summed E-state index contributed by atoms with van der Waals surface area (Å²) in [7, 11) is 0. The fourth-order valence-electron chi connectivity index (χ4n) is 3.03. The minimum Gasteiger partial charge on any atom is -0.467 e. The molecule has 0 bridgehead atoms. The van der Waals surface area contributed by atoms with Crippen molar-refractivity contribution in [3.05, 3.63) is 62.6 Å². The summed E-state index contributed by atoms with van der Waals surface area (Å²) >= 11 is 3.30. The number of nitrogens with zero attached hydrogens (tertiary/aromatic N) is 1. The molecule has 0 radical (unpaired) electrons. The van der Waals surface area contributed by atoms with Crippen LogP contribution in [0.4, 0.5) is 5.00 Å². The number of hydrogen-bond acceptors (Lipinski definition) is 5. The first-order valence-corrected chi connectivity index (χ1v) is 10.1. The molecule has 25 heavy (non-hydrogen) atoms. The van der Waals surface area contributed by atoms with Crippen LogP contribution >= 0.6 is 22.7 Å². The summed E-state index contributed by atoms with van der Waals surface area (Å²) in [6.45, 7) is 0.393. The van der Waals surface area contributed by atoms with Crippen LogP contribution in [0.1, 0.15) is 45.0 Å². The number of fused-ring (bicyclic) bond motifs is 1. The number of carbonyl (C=O) groups excluding carboxylic acids is 1. The van der Waals surface area contributed by atoms with Crippen LogP contribution in [-0.2, 0) is 19.4 Å². The van der Waals surface area contributed by atoms with Gasteiger partial charge in [0.25, 0.3) is 5.91 Å². The van der Waals surface area contributed by atoms with Gasteiger partial charge in [-0.25, -0.2) is 4.99 Å². The first kappa shape index (κ1) is 16.3. The lowest BCUT2D eigenvalue weighted by Gasteiger charge is -2.12. The first-order valence-electron chi connectivity index (χ1n) is 8.32. The summed E-state index contributed by atoms with van der Waals surface area (Å²) in [6, 6.07) is 5.71. The molecule has 0 spiro atoms. The highest BCUT2D eigenvalue weighted by atomic mass is 32.1. The molecule has 4 nitrogen and oxygen atoms in total. The van der Waals surface area contributed by atoms with Crippen molar-refractivity contribution in [3.8, 4) is 0 Å². The van der Waals surface area contributed by atoms with E-state index in [1.807, 2.05) is 35.2 Å². The Morgan fingerprint density at radius 2 is 2.24 bits per heavy atom. The molecule has 0 aliphatic heterocycles. The monoisotopic (exact) mass is 370 g/mol. The van der Waals surface area contributed by atoms with Gasteiger partial charge in [-0.3, -0.25) is 4.79 Å². The topological polar surface area (TPSA) is 54.6 Å². The van der Waals surface area contributed by atoms with Gasteiger partial charge in [0, 0.05) is 16.7 Å². The van der Waals surface area contributed by atoms with Gasteiger partial charge in [-0.05, 0) is 60.2 Å². The third kappa shape index (κ3) is 3.60. The molecule has 1 N–H and O–H groups in total. The molecule has 0 saturated heterocycles. The highest BCUT2D eigenvalue weighted by Gasteiger charge is 2.25. The molecule has 1 aliphatic carbocycles. The maximum atomic E-state index is 12.8. The molecule has 0 unspecified atom stereocenters. The van der Waals surface area contributed by atoms with Crippen molar-refractivity contribution in [2.24, 2.45) is 4.99 Å². The normalized spacial score (nSPS) is 13.9. The molecule has 4 rings (SSSR count). The number of hydrogen-bond donors (Lipinski definition) is 1. The molecule has 0 fully saturated rings. The summed E-state index contributed by atoms with van der Waals surface area (Å²) in [5, 5.41) is 7.86. The summed E-state index contributed by atoms with van der Waals surface area (Å²) < 4.78 is 5.30. The zero-order chi connectivity index (χ0) is 17.1. The van der Waals surface area contributed by atoms with E-state index in [1.165, 1.54) is 16.9 Å². The second-order valence-corrected chi connectivity index (χ2v) is 7.83. The Kier molecular flexibility index (Phi) is 4.81. The van der Waals surface area contributed by atoms with E-state index in [-0.39, 0.29) is 5.91 Å². The van der Waals surface area contributed by atoms with E-state index in [4.69, 9.17) is 4.42 Å². The Labute approximate surface area is 154 Å². The Hall–Kier alpha value is -2.18. The molecule has 0 aromatic carbocycles. The van der Waals surface area contributed by atoms with E-state index in [2.05, 4.69) is 10.3 Å². The van der Waals surface area contributed by atoms with Gasteiger partial charge in [0.15, 0.2) is 0 Å². The van der Waals surface area contributed by atoms with Crippen LogP contribution in [0, 0.1) is 0 Å². The quantitative estimate of drug-likeness (QED) is 0.645. The van der Waals surface area contributed by atoms with Gasteiger partial charge in [0.1, 0.15) is 10.8 Å². The van der Waals surface area contributed by atoms with E-state index < -0.39 is 0 Å². The number of nitrogens with one attached hydrogen (secondary N) is 1. The molecule has 3 heterocycles. The van der Waals surface area contributed by atoms with Crippen molar-refractivity contribution in [3.63, 3.8) is 0 Å². The molecule has 1 aliphatic rings. The minimum absolute atomic E-state index is 0.0618. The highest BCUT2D eigenvalue weighted by molar-refractivity contribution is 7.16. The van der Waals surface area contributed by atoms with E-state index in [0.717, 1.165) is 41.2 Å². The van der Waals surface area contributed by atoms with Crippen LogP contribution in [0.2, 0.25) is 0 Å². The predicted octanol–water partition coefficient (Wildman–Crippen LogP) is 4.96. The van der Waals surface area contributed by atoms with Crippen LogP contribution in [0.3, 0.4) is 0 Å².